The van der Waals surface area contributed by atoms with E-state index in [0.717, 1.165) is 11.3 Å². The monoisotopic (exact) mass is 292 g/mol. The summed E-state index contributed by atoms with van der Waals surface area (Å²) in [7, 11) is 0. The van der Waals surface area contributed by atoms with Crippen molar-refractivity contribution in [1.29, 1.82) is 0 Å². The first kappa shape index (κ1) is 16.4. The molecular weight excluding hydrogens is 268 g/mol. The van der Waals surface area contributed by atoms with Gasteiger partial charge >= 0.3 is 0 Å². The van der Waals surface area contributed by atoms with Crippen molar-refractivity contribution in [3.63, 3.8) is 0 Å². The Morgan fingerprint density at radius 1 is 1.30 bits per heavy atom. The lowest BCUT2D eigenvalue weighted by atomic mass is 10.1. The number of aromatic nitrogens is 1. The van der Waals surface area contributed by atoms with E-state index in [2.05, 4.69) is 22.4 Å². The van der Waals surface area contributed by atoms with Crippen LogP contribution in [0.5, 0.6) is 0 Å². The van der Waals surface area contributed by atoms with Gasteiger partial charge in [0.25, 0.3) is 0 Å². The van der Waals surface area contributed by atoms with Crippen LogP contribution in [-0.4, -0.2) is 10.9 Å². The first-order valence-electron chi connectivity index (χ1n) is 6.96. The number of rotatable bonds is 4. The predicted molar refractivity (Wildman–Crippen MR) is 87.9 cm³/mol. The molecule has 0 aliphatic carbocycles. The largest absolute Gasteiger partial charge is 0.352 e. The van der Waals surface area contributed by atoms with E-state index in [4.69, 9.17) is 0 Å². The third-order valence-electron chi connectivity index (χ3n) is 2.77. The fraction of sp³-hybridized carbons (Fsp3) is 0.375. The van der Waals surface area contributed by atoms with Crippen LogP contribution in [0.2, 0.25) is 0 Å². The normalized spacial score (nSPS) is 9.60. The third kappa shape index (κ3) is 4.46. The molecule has 0 bridgehead atoms. The zero-order valence-corrected chi connectivity index (χ0v) is 13.4. The van der Waals surface area contributed by atoms with Gasteiger partial charge in [-0.05, 0) is 18.1 Å². The van der Waals surface area contributed by atoms with Crippen molar-refractivity contribution in [2.24, 2.45) is 0 Å². The van der Waals surface area contributed by atoms with Crippen LogP contribution in [0.15, 0.2) is 29.8 Å². The van der Waals surface area contributed by atoms with Crippen LogP contribution in [0.25, 0.3) is 10.4 Å². The quantitative estimate of drug-likeness (QED) is 0.906. The molecule has 1 aromatic heterocycles. The molecule has 1 amide bonds. The fourth-order valence-corrected chi connectivity index (χ4v) is 2.49. The lowest BCUT2D eigenvalue weighted by molar-refractivity contribution is -0.120. The first-order valence-corrected chi connectivity index (χ1v) is 7.84. The molecule has 0 fully saturated rings. The van der Waals surface area contributed by atoms with Gasteiger partial charge in [0.05, 0.1) is 16.1 Å². The summed E-state index contributed by atoms with van der Waals surface area (Å²) in [6, 6.07) is 8.25. The zero-order valence-electron chi connectivity index (χ0n) is 12.6. The maximum Gasteiger partial charge on any atom is 0.219 e. The van der Waals surface area contributed by atoms with E-state index in [0.29, 0.717) is 13.0 Å². The molecule has 1 heterocycles. The highest BCUT2D eigenvalue weighted by Crippen LogP contribution is 2.27. The number of hydrogen-bond donors (Lipinski definition) is 1. The minimum absolute atomic E-state index is 0. The molecular formula is C16H24N2OS. The molecule has 0 saturated heterocycles. The number of amides is 1. The minimum atomic E-state index is 0. The van der Waals surface area contributed by atoms with Crippen LogP contribution < -0.4 is 5.32 Å². The van der Waals surface area contributed by atoms with E-state index >= 15 is 0 Å². The molecule has 0 aliphatic rings. The molecule has 110 valence electrons. The summed E-state index contributed by atoms with van der Waals surface area (Å²) < 4.78 is 0. The Kier molecular flexibility index (Phi) is 6.94. The van der Waals surface area contributed by atoms with Crippen LogP contribution in [0.1, 0.15) is 39.9 Å². The van der Waals surface area contributed by atoms with Gasteiger partial charge in [-0.25, -0.2) is 4.98 Å². The summed E-state index contributed by atoms with van der Waals surface area (Å²) in [6.07, 6.45) is 0.526. The highest BCUT2D eigenvalue weighted by atomic mass is 32.1. The molecule has 0 saturated carbocycles. The van der Waals surface area contributed by atoms with Gasteiger partial charge < -0.3 is 5.32 Å². The number of hydrogen-bond acceptors (Lipinski definition) is 3. The Labute approximate surface area is 126 Å². The first-order chi connectivity index (χ1) is 9.70. The number of aryl methyl sites for hydroxylation is 1. The molecule has 3 nitrogen and oxygen atoms in total. The van der Waals surface area contributed by atoms with Crippen LogP contribution in [0, 0.1) is 6.92 Å². The Hall–Kier alpha value is -1.68. The van der Waals surface area contributed by atoms with Crippen molar-refractivity contribution >= 4 is 17.2 Å². The summed E-state index contributed by atoms with van der Waals surface area (Å²) in [4.78, 5) is 16.6. The predicted octanol–water partition coefficient (Wildman–Crippen LogP) is 4.42. The van der Waals surface area contributed by atoms with E-state index in [1.807, 2.05) is 45.3 Å². The van der Waals surface area contributed by atoms with Gasteiger partial charge in [-0.15, -0.1) is 11.3 Å². The lowest BCUT2D eigenvalue weighted by Crippen LogP contribution is -2.21. The summed E-state index contributed by atoms with van der Waals surface area (Å²) in [5, 5.41) is 2.87. The summed E-state index contributed by atoms with van der Waals surface area (Å²) >= 11 is 1.65. The average Bonchev–Trinajstić information content (AvgIpc) is 2.93. The molecule has 1 N–H and O–H groups in total. The van der Waals surface area contributed by atoms with Gasteiger partial charge in [-0.1, -0.05) is 45.0 Å². The second-order valence-corrected chi connectivity index (χ2v) is 4.95. The van der Waals surface area contributed by atoms with Crippen LogP contribution in [-0.2, 0) is 11.3 Å². The van der Waals surface area contributed by atoms with Crippen molar-refractivity contribution in [2.75, 3.05) is 0 Å². The SMILES string of the molecule is CC.CCC(=O)NCc1ccc(-c2scnc2C)cc1.[HH]. The van der Waals surface area contributed by atoms with Gasteiger partial charge in [0.1, 0.15) is 0 Å². The van der Waals surface area contributed by atoms with Crippen LogP contribution >= 0.6 is 11.3 Å². The van der Waals surface area contributed by atoms with E-state index in [-0.39, 0.29) is 7.33 Å². The van der Waals surface area contributed by atoms with Crippen molar-refractivity contribution in [3.8, 4) is 10.4 Å². The number of nitrogens with one attached hydrogen (secondary N) is 1. The Morgan fingerprint density at radius 2 is 1.95 bits per heavy atom. The fourth-order valence-electron chi connectivity index (χ4n) is 1.68. The molecule has 1 aromatic carbocycles. The number of benzene rings is 1. The van der Waals surface area contributed by atoms with Gasteiger partial charge in [-0.3, -0.25) is 4.79 Å². The van der Waals surface area contributed by atoms with Gasteiger partial charge in [-0.2, -0.15) is 0 Å². The van der Waals surface area contributed by atoms with E-state index in [9.17, 15) is 4.79 Å². The minimum Gasteiger partial charge on any atom is -0.352 e. The molecule has 0 unspecified atom stereocenters. The van der Waals surface area contributed by atoms with Gasteiger partial charge in [0, 0.05) is 14.4 Å². The Morgan fingerprint density at radius 3 is 2.45 bits per heavy atom. The highest BCUT2D eigenvalue weighted by molar-refractivity contribution is 7.13. The molecule has 4 heteroatoms. The molecule has 20 heavy (non-hydrogen) atoms. The van der Waals surface area contributed by atoms with Crippen molar-refractivity contribution in [1.82, 2.24) is 10.3 Å². The van der Waals surface area contributed by atoms with Gasteiger partial charge in [0.15, 0.2) is 0 Å². The summed E-state index contributed by atoms with van der Waals surface area (Å²) in [5.74, 6) is 0.0809. The topological polar surface area (TPSA) is 42.0 Å². The number of thiazole rings is 1. The third-order valence-corrected chi connectivity index (χ3v) is 3.75. The average molecular weight is 292 g/mol. The number of carbonyl (C=O) groups is 1. The second-order valence-electron chi connectivity index (χ2n) is 4.09. The Balaban J connectivity index is 0.00000128. The molecule has 0 aliphatic heterocycles. The van der Waals surface area contributed by atoms with Crippen molar-refractivity contribution < 1.29 is 6.22 Å². The molecule has 0 atom stereocenters. The molecule has 0 radical (unpaired) electrons. The van der Waals surface area contributed by atoms with E-state index < -0.39 is 0 Å². The highest BCUT2D eigenvalue weighted by Gasteiger charge is 2.04. The molecule has 0 spiro atoms. The maximum absolute atomic E-state index is 11.2. The van der Waals surface area contributed by atoms with Crippen LogP contribution in [0.4, 0.5) is 0 Å². The summed E-state index contributed by atoms with van der Waals surface area (Å²) in [5.41, 5.74) is 5.22. The zero-order chi connectivity index (χ0) is 15.0. The van der Waals surface area contributed by atoms with E-state index in [1.165, 1.54) is 10.4 Å². The van der Waals surface area contributed by atoms with Gasteiger partial charge in [0.2, 0.25) is 5.91 Å². The number of nitrogens with zero attached hydrogens (tertiary/aromatic N) is 1. The summed E-state index contributed by atoms with van der Waals surface area (Å²) in [6.45, 7) is 8.46. The Bertz CT molecular complexity index is 537. The molecule has 2 aromatic rings. The smallest absolute Gasteiger partial charge is 0.219 e. The standard InChI is InChI=1S/C14H16N2OS.C2H6.H2/c1-3-13(17)15-8-11-4-6-12(7-5-11)14-10(2)16-9-18-14;1-2;/h4-7,9H,3,8H2,1-2H3,(H,15,17);1-2H3;1H. The lowest BCUT2D eigenvalue weighted by Gasteiger charge is -2.05. The van der Waals surface area contributed by atoms with E-state index in [1.54, 1.807) is 11.3 Å². The maximum atomic E-state index is 11.2. The molecule has 2 rings (SSSR count). The van der Waals surface area contributed by atoms with Crippen molar-refractivity contribution in [3.05, 3.63) is 41.0 Å². The van der Waals surface area contributed by atoms with Crippen molar-refractivity contribution in [2.45, 2.75) is 40.7 Å². The van der Waals surface area contributed by atoms with Crippen LogP contribution in [0.3, 0.4) is 0 Å². The second kappa shape index (κ2) is 8.48. The number of carbonyl (C=O) groups excluding carboxylic acids is 1.